The molecule has 162 valence electrons. The number of rotatable bonds is 6. The zero-order valence-electron chi connectivity index (χ0n) is 16.9. The Balaban J connectivity index is 1.10. The molecule has 1 aromatic heterocycles. The first-order chi connectivity index (χ1) is 15.0. The lowest BCUT2D eigenvalue weighted by molar-refractivity contribution is -0.118. The number of amides is 2. The third-order valence-electron chi connectivity index (χ3n) is 5.85. The van der Waals surface area contributed by atoms with Crippen molar-refractivity contribution in [2.75, 3.05) is 29.9 Å². The van der Waals surface area contributed by atoms with Crippen molar-refractivity contribution in [1.29, 1.82) is 0 Å². The van der Waals surface area contributed by atoms with Gasteiger partial charge >= 0.3 is 6.09 Å². The largest absolute Gasteiger partial charge is 0.480 e. The molecule has 1 saturated heterocycles. The fraction of sp³-hybridized carbons (Fsp3) is 0.409. The van der Waals surface area contributed by atoms with Crippen molar-refractivity contribution < 1.29 is 19.1 Å². The van der Waals surface area contributed by atoms with Crippen LogP contribution in [0.3, 0.4) is 0 Å². The van der Waals surface area contributed by atoms with Gasteiger partial charge in [-0.25, -0.2) is 9.78 Å². The summed E-state index contributed by atoms with van der Waals surface area (Å²) in [6.45, 7) is 1.27. The van der Waals surface area contributed by atoms with Crippen LogP contribution in [0.25, 0.3) is 0 Å². The molecular weight excluding hydrogens is 420 g/mol. The molecule has 2 amide bonds. The second-order valence-electron chi connectivity index (χ2n) is 8.08. The molecule has 5 rings (SSSR count). The molecule has 2 aliphatic heterocycles. The van der Waals surface area contributed by atoms with Crippen LogP contribution in [0.4, 0.5) is 16.4 Å². The molecule has 1 aromatic carbocycles. The van der Waals surface area contributed by atoms with Crippen molar-refractivity contribution in [3.8, 4) is 5.75 Å². The Morgan fingerprint density at radius 3 is 2.97 bits per heavy atom. The number of nitrogens with zero attached hydrogens (tertiary/aromatic N) is 2. The molecule has 2 atom stereocenters. The standard InChI is InChI=1S/C22H23ClN4O4/c23-15-4-3-13-9-16(10-14(13)8-15)24-7-1-2-17-11-27(22(29)31-17)19-6-5-18-21(25-19)26-20(28)12-30-18/h3-6,8,16-17,24H,1-2,7,9-12H2,(H,25,26,28). The number of benzene rings is 1. The number of halogens is 1. The van der Waals surface area contributed by atoms with E-state index >= 15 is 0 Å². The lowest BCUT2D eigenvalue weighted by atomic mass is 10.1. The number of hydrogen-bond donors (Lipinski definition) is 2. The highest BCUT2D eigenvalue weighted by Crippen LogP contribution is 2.30. The molecule has 0 radical (unpaired) electrons. The lowest BCUT2D eigenvalue weighted by Crippen LogP contribution is -2.31. The predicted octanol–water partition coefficient (Wildman–Crippen LogP) is 2.93. The van der Waals surface area contributed by atoms with Gasteiger partial charge in [0.2, 0.25) is 0 Å². The summed E-state index contributed by atoms with van der Waals surface area (Å²) < 4.78 is 10.8. The summed E-state index contributed by atoms with van der Waals surface area (Å²) in [7, 11) is 0. The SMILES string of the molecule is O=C1COc2ccc(N3CC(CCCNC4Cc5ccc(Cl)cc5C4)OC3=O)nc2N1. The van der Waals surface area contributed by atoms with Crippen LogP contribution in [0.5, 0.6) is 5.75 Å². The summed E-state index contributed by atoms with van der Waals surface area (Å²) in [6.07, 6.45) is 3.08. The molecule has 0 saturated carbocycles. The average Bonchev–Trinajstić information content (AvgIpc) is 3.33. The Morgan fingerprint density at radius 2 is 2.06 bits per heavy atom. The summed E-state index contributed by atoms with van der Waals surface area (Å²) in [6, 6.07) is 9.94. The van der Waals surface area contributed by atoms with Gasteiger partial charge in [-0.05, 0) is 67.6 Å². The van der Waals surface area contributed by atoms with Crippen LogP contribution >= 0.6 is 11.6 Å². The number of carbonyl (C=O) groups excluding carboxylic acids is 2. The summed E-state index contributed by atoms with van der Waals surface area (Å²) in [5.41, 5.74) is 2.69. The van der Waals surface area contributed by atoms with E-state index in [1.165, 1.54) is 16.0 Å². The molecule has 2 aromatic rings. The number of cyclic esters (lactones) is 1. The Labute approximate surface area is 184 Å². The van der Waals surface area contributed by atoms with E-state index in [0.29, 0.717) is 30.0 Å². The molecule has 3 aliphatic rings. The van der Waals surface area contributed by atoms with Gasteiger partial charge in [0.1, 0.15) is 11.9 Å². The third kappa shape index (κ3) is 4.31. The minimum atomic E-state index is -0.420. The van der Waals surface area contributed by atoms with Crippen LogP contribution in [0, 0.1) is 0 Å². The maximum Gasteiger partial charge on any atom is 0.415 e. The van der Waals surface area contributed by atoms with E-state index in [0.717, 1.165) is 37.3 Å². The Morgan fingerprint density at radius 1 is 1.19 bits per heavy atom. The van der Waals surface area contributed by atoms with E-state index in [1.807, 2.05) is 6.07 Å². The first-order valence-corrected chi connectivity index (χ1v) is 10.9. The minimum absolute atomic E-state index is 0.0312. The number of pyridine rings is 1. The van der Waals surface area contributed by atoms with Gasteiger partial charge in [0.25, 0.3) is 5.91 Å². The van der Waals surface area contributed by atoms with E-state index in [-0.39, 0.29) is 18.6 Å². The maximum atomic E-state index is 12.3. The van der Waals surface area contributed by atoms with Crippen molar-refractivity contribution in [2.45, 2.75) is 37.8 Å². The van der Waals surface area contributed by atoms with Gasteiger partial charge in [-0.15, -0.1) is 0 Å². The van der Waals surface area contributed by atoms with Crippen LogP contribution in [0.15, 0.2) is 30.3 Å². The summed E-state index contributed by atoms with van der Waals surface area (Å²) in [5, 5.41) is 7.05. The topological polar surface area (TPSA) is 92.8 Å². The number of anilines is 2. The van der Waals surface area contributed by atoms with Crippen LogP contribution in [-0.2, 0) is 22.4 Å². The number of ether oxygens (including phenoxy) is 2. The number of nitrogens with one attached hydrogen (secondary N) is 2. The highest BCUT2D eigenvalue weighted by Gasteiger charge is 2.33. The second-order valence-corrected chi connectivity index (χ2v) is 8.52. The quantitative estimate of drug-likeness (QED) is 0.668. The van der Waals surface area contributed by atoms with Crippen LogP contribution in [-0.4, -0.2) is 48.8 Å². The van der Waals surface area contributed by atoms with E-state index < -0.39 is 6.09 Å². The highest BCUT2D eigenvalue weighted by atomic mass is 35.5. The normalized spacial score (nSPS) is 21.9. The molecule has 1 fully saturated rings. The summed E-state index contributed by atoms with van der Waals surface area (Å²) in [5.74, 6) is 1.00. The molecule has 0 spiro atoms. The Bertz CT molecular complexity index is 1030. The molecule has 2 unspecified atom stereocenters. The van der Waals surface area contributed by atoms with Gasteiger partial charge in [-0.2, -0.15) is 0 Å². The molecular formula is C22H23ClN4O4. The molecule has 3 heterocycles. The van der Waals surface area contributed by atoms with E-state index in [4.69, 9.17) is 21.1 Å². The molecule has 2 N–H and O–H groups in total. The summed E-state index contributed by atoms with van der Waals surface area (Å²) >= 11 is 6.08. The maximum absolute atomic E-state index is 12.3. The van der Waals surface area contributed by atoms with Crippen molar-refractivity contribution in [3.63, 3.8) is 0 Å². The van der Waals surface area contributed by atoms with Gasteiger partial charge in [-0.3, -0.25) is 9.69 Å². The Kier molecular flexibility index (Phi) is 5.41. The van der Waals surface area contributed by atoms with Crippen LogP contribution in [0.1, 0.15) is 24.0 Å². The van der Waals surface area contributed by atoms with Crippen LogP contribution in [0.2, 0.25) is 5.02 Å². The first kappa shape index (κ1) is 20.1. The number of aromatic nitrogens is 1. The van der Waals surface area contributed by atoms with E-state index in [1.54, 1.807) is 12.1 Å². The Hall–Kier alpha value is -2.84. The van der Waals surface area contributed by atoms with Gasteiger partial charge < -0.3 is 20.1 Å². The zero-order valence-corrected chi connectivity index (χ0v) is 17.7. The monoisotopic (exact) mass is 442 g/mol. The predicted molar refractivity (Wildman–Crippen MR) is 116 cm³/mol. The fourth-order valence-electron chi connectivity index (χ4n) is 4.33. The zero-order chi connectivity index (χ0) is 21.4. The van der Waals surface area contributed by atoms with Gasteiger partial charge in [0.05, 0.1) is 6.54 Å². The van der Waals surface area contributed by atoms with Crippen molar-refractivity contribution in [3.05, 3.63) is 46.5 Å². The third-order valence-corrected chi connectivity index (χ3v) is 6.08. The average molecular weight is 443 g/mol. The molecule has 31 heavy (non-hydrogen) atoms. The molecule has 8 nitrogen and oxygen atoms in total. The van der Waals surface area contributed by atoms with Gasteiger partial charge in [0.15, 0.2) is 18.2 Å². The van der Waals surface area contributed by atoms with E-state index in [9.17, 15) is 9.59 Å². The number of carbonyl (C=O) groups is 2. The van der Waals surface area contributed by atoms with Crippen molar-refractivity contribution >= 4 is 35.2 Å². The molecule has 1 aliphatic carbocycles. The summed E-state index contributed by atoms with van der Waals surface area (Å²) in [4.78, 5) is 29.7. The fourth-order valence-corrected chi connectivity index (χ4v) is 4.52. The van der Waals surface area contributed by atoms with Gasteiger partial charge in [-0.1, -0.05) is 17.7 Å². The van der Waals surface area contributed by atoms with Crippen molar-refractivity contribution in [2.24, 2.45) is 0 Å². The minimum Gasteiger partial charge on any atom is -0.480 e. The first-order valence-electron chi connectivity index (χ1n) is 10.5. The number of fused-ring (bicyclic) bond motifs is 2. The van der Waals surface area contributed by atoms with Crippen molar-refractivity contribution in [1.82, 2.24) is 10.3 Å². The smallest absolute Gasteiger partial charge is 0.415 e. The highest BCUT2D eigenvalue weighted by molar-refractivity contribution is 6.30. The number of hydrogen-bond acceptors (Lipinski definition) is 6. The van der Waals surface area contributed by atoms with E-state index in [2.05, 4.69) is 27.8 Å². The molecule has 0 bridgehead atoms. The van der Waals surface area contributed by atoms with Gasteiger partial charge in [0, 0.05) is 11.1 Å². The van der Waals surface area contributed by atoms with Crippen LogP contribution < -0.4 is 20.3 Å². The molecule has 9 heteroatoms. The second kappa shape index (κ2) is 8.36. The lowest BCUT2D eigenvalue weighted by Gasteiger charge is -2.19.